The van der Waals surface area contributed by atoms with Crippen molar-refractivity contribution in [3.63, 3.8) is 0 Å². The summed E-state index contributed by atoms with van der Waals surface area (Å²) in [6.07, 6.45) is 0.528. The van der Waals surface area contributed by atoms with E-state index in [-0.39, 0.29) is 11.4 Å². The molecule has 0 radical (unpaired) electrons. The van der Waals surface area contributed by atoms with Crippen LogP contribution in [0.3, 0.4) is 0 Å². The monoisotopic (exact) mass is 202 g/mol. The fourth-order valence-electron chi connectivity index (χ4n) is 1.14. The molecule has 0 bridgehead atoms. The van der Waals surface area contributed by atoms with E-state index in [1.807, 2.05) is 0 Å². The van der Waals surface area contributed by atoms with Gasteiger partial charge in [0, 0.05) is 39.7 Å². The molecule has 0 aliphatic heterocycles. The van der Waals surface area contributed by atoms with Crippen molar-refractivity contribution in [2.75, 3.05) is 34.4 Å². The molecule has 4 nitrogen and oxygen atoms in total. The second-order valence-corrected chi connectivity index (χ2v) is 4.28. The van der Waals surface area contributed by atoms with Gasteiger partial charge in [-0.15, -0.1) is 0 Å². The van der Waals surface area contributed by atoms with Crippen molar-refractivity contribution in [2.24, 2.45) is 0 Å². The zero-order valence-electron chi connectivity index (χ0n) is 9.89. The first kappa shape index (κ1) is 13.4. The second-order valence-electron chi connectivity index (χ2n) is 4.28. The molecule has 4 heteroatoms. The molecule has 0 aliphatic rings. The summed E-state index contributed by atoms with van der Waals surface area (Å²) in [7, 11) is 5.21. The Morgan fingerprint density at radius 1 is 1.43 bits per heavy atom. The first-order valence-corrected chi connectivity index (χ1v) is 4.83. The zero-order valence-corrected chi connectivity index (χ0v) is 9.89. The van der Waals surface area contributed by atoms with Crippen molar-refractivity contribution in [1.82, 2.24) is 10.2 Å². The third-order valence-electron chi connectivity index (χ3n) is 1.95. The largest absolute Gasteiger partial charge is 0.383 e. The van der Waals surface area contributed by atoms with Crippen LogP contribution >= 0.6 is 0 Å². The lowest BCUT2D eigenvalue weighted by atomic mass is 10.1. The number of nitrogens with zero attached hydrogens (tertiary/aromatic N) is 1. The third kappa shape index (κ3) is 5.94. The lowest BCUT2D eigenvalue weighted by Gasteiger charge is -2.25. The molecule has 0 unspecified atom stereocenters. The van der Waals surface area contributed by atoms with Crippen LogP contribution in [0.25, 0.3) is 0 Å². The smallest absolute Gasteiger partial charge is 0.223 e. The Morgan fingerprint density at radius 2 is 2.00 bits per heavy atom. The van der Waals surface area contributed by atoms with Crippen LogP contribution in [0, 0.1) is 0 Å². The second kappa shape index (κ2) is 5.98. The van der Waals surface area contributed by atoms with E-state index in [0.29, 0.717) is 19.6 Å². The molecule has 0 rings (SSSR count). The number of ether oxygens (including phenoxy) is 1. The average Bonchev–Trinajstić information content (AvgIpc) is 2.03. The summed E-state index contributed by atoms with van der Waals surface area (Å²) < 4.78 is 5.05. The zero-order chi connectivity index (χ0) is 11.2. The van der Waals surface area contributed by atoms with Crippen LogP contribution < -0.4 is 5.32 Å². The number of methoxy groups -OCH3 is 1. The molecule has 1 amide bonds. The number of rotatable bonds is 6. The molecule has 84 valence electrons. The van der Waals surface area contributed by atoms with E-state index < -0.39 is 0 Å². The SMILES string of the molecule is COCC(C)(C)NCCC(=O)N(C)C. The summed E-state index contributed by atoms with van der Waals surface area (Å²) in [4.78, 5) is 12.8. The fraction of sp³-hybridized carbons (Fsp3) is 0.900. The van der Waals surface area contributed by atoms with Gasteiger partial charge in [0.05, 0.1) is 6.61 Å². The predicted molar refractivity (Wildman–Crippen MR) is 57.3 cm³/mol. The van der Waals surface area contributed by atoms with Gasteiger partial charge in [-0.05, 0) is 13.8 Å². The Labute approximate surface area is 86.6 Å². The molecule has 0 spiro atoms. The highest BCUT2D eigenvalue weighted by Crippen LogP contribution is 2.01. The van der Waals surface area contributed by atoms with E-state index in [1.54, 1.807) is 26.1 Å². The maximum absolute atomic E-state index is 11.2. The van der Waals surface area contributed by atoms with E-state index in [4.69, 9.17) is 4.74 Å². The summed E-state index contributed by atoms with van der Waals surface area (Å²) in [6, 6.07) is 0. The molecular formula is C10H22N2O2. The van der Waals surface area contributed by atoms with Gasteiger partial charge in [-0.1, -0.05) is 0 Å². The highest BCUT2D eigenvalue weighted by molar-refractivity contribution is 5.75. The maximum atomic E-state index is 11.2. The minimum Gasteiger partial charge on any atom is -0.383 e. The van der Waals surface area contributed by atoms with Gasteiger partial charge in [0.15, 0.2) is 0 Å². The third-order valence-corrected chi connectivity index (χ3v) is 1.95. The van der Waals surface area contributed by atoms with Gasteiger partial charge in [0.25, 0.3) is 0 Å². The van der Waals surface area contributed by atoms with Crippen LogP contribution in [-0.2, 0) is 9.53 Å². The van der Waals surface area contributed by atoms with Crippen molar-refractivity contribution in [1.29, 1.82) is 0 Å². The van der Waals surface area contributed by atoms with Crippen molar-refractivity contribution in [3.05, 3.63) is 0 Å². The lowest BCUT2D eigenvalue weighted by Crippen LogP contribution is -2.44. The molecule has 0 aliphatic carbocycles. The number of amides is 1. The van der Waals surface area contributed by atoms with Crippen LogP contribution in [0.15, 0.2) is 0 Å². The summed E-state index contributed by atoms with van der Waals surface area (Å²) in [5.74, 6) is 0.144. The molecule has 0 fully saturated rings. The van der Waals surface area contributed by atoms with Crippen LogP contribution in [-0.4, -0.2) is 50.7 Å². The number of carbonyl (C=O) groups excluding carboxylic acids is 1. The minimum absolute atomic E-state index is 0.0681. The van der Waals surface area contributed by atoms with Gasteiger partial charge in [-0.3, -0.25) is 4.79 Å². The van der Waals surface area contributed by atoms with Crippen LogP contribution in [0.5, 0.6) is 0 Å². The molecule has 0 atom stereocenters. The topological polar surface area (TPSA) is 41.6 Å². The summed E-state index contributed by atoms with van der Waals surface area (Å²) in [5.41, 5.74) is -0.0681. The maximum Gasteiger partial charge on any atom is 0.223 e. The van der Waals surface area contributed by atoms with E-state index in [9.17, 15) is 4.79 Å². The minimum atomic E-state index is -0.0681. The first-order chi connectivity index (χ1) is 6.39. The van der Waals surface area contributed by atoms with Crippen LogP contribution in [0.1, 0.15) is 20.3 Å². The molecule has 14 heavy (non-hydrogen) atoms. The number of hydrogen-bond acceptors (Lipinski definition) is 3. The Balaban J connectivity index is 3.68. The fourth-order valence-corrected chi connectivity index (χ4v) is 1.14. The number of carbonyl (C=O) groups is 1. The van der Waals surface area contributed by atoms with Gasteiger partial charge < -0.3 is 15.0 Å². The Hall–Kier alpha value is -0.610. The Kier molecular flexibility index (Phi) is 5.72. The highest BCUT2D eigenvalue weighted by atomic mass is 16.5. The molecule has 0 heterocycles. The van der Waals surface area contributed by atoms with E-state index in [1.165, 1.54) is 0 Å². The van der Waals surface area contributed by atoms with Gasteiger partial charge in [-0.2, -0.15) is 0 Å². The standard InChI is InChI=1S/C10H22N2O2/c1-10(2,8-14-5)11-7-6-9(13)12(3)4/h11H,6-8H2,1-5H3. The number of nitrogens with one attached hydrogen (secondary N) is 1. The van der Waals surface area contributed by atoms with E-state index >= 15 is 0 Å². The molecule has 0 aromatic heterocycles. The molecule has 0 saturated carbocycles. The lowest BCUT2D eigenvalue weighted by molar-refractivity contribution is -0.128. The van der Waals surface area contributed by atoms with E-state index in [0.717, 1.165) is 0 Å². The molecule has 0 aromatic rings. The molecule has 0 aromatic carbocycles. The van der Waals surface area contributed by atoms with Crippen LogP contribution in [0.2, 0.25) is 0 Å². The highest BCUT2D eigenvalue weighted by Gasteiger charge is 2.16. The normalized spacial score (nSPS) is 11.5. The Morgan fingerprint density at radius 3 is 2.43 bits per heavy atom. The number of hydrogen-bond donors (Lipinski definition) is 1. The van der Waals surface area contributed by atoms with Crippen LogP contribution in [0.4, 0.5) is 0 Å². The predicted octanol–water partition coefficient (Wildman–Crippen LogP) is 0.479. The van der Waals surface area contributed by atoms with Gasteiger partial charge in [0.2, 0.25) is 5.91 Å². The van der Waals surface area contributed by atoms with Gasteiger partial charge >= 0.3 is 0 Å². The van der Waals surface area contributed by atoms with Crippen molar-refractivity contribution >= 4 is 5.91 Å². The van der Waals surface area contributed by atoms with E-state index in [2.05, 4.69) is 19.2 Å². The summed E-state index contributed by atoms with van der Waals surface area (Å²) >= 11 is 0. The first-order valence-electron chi connectivity index (χ1n) is 4.83. The van der Waals surface area contributed by atoms with Crippen molar-refractivity contribution in [2.45, 2.75) is 25.8 Å². The quantitative estimate of drug-likeness (QED) is 0.681. The van der Waals surface area contributed by atoms with Gasteiger partial charge in [-0.25, -0.2) is 0 Å². The molecule has 0 saturated heterocycles. The molecular weight excluding hydrogens is 180 g/mol. The van der Waals surface area contributed by atoms with Crippen molar-refractivity contribution < 1.29 is 9.53 Å². The average molecular weight is 202 g/mol. The summed E-state index contributed by atoms with van der Waals surface area (Å²) in [5, 5.41) is 3.27. The van der Waals surface area contributed by atoms with Gasteiger partial charge in [0.1, 0.15) is 0 Å². The molecule has 1 N–H and O–H groups in total. The summed E-state index contributed by atoms with van der Waals surface area (Å²) in [6.45, 7) is 5.43. The Bertz CT molecular complexity index is 179. The van der Waals surface area contributed by atoms with Crippen molar-refractivity contribution in [3.8, 4) is 0 Å².